The van der Waals surface area contributed by atoms with E-state index in [1.54, 1.807) is 4.90 Å². The Bertz CT molecular complexity index is 1130. The Morgan fingerprint density at radius 1 is 1.12 bits per heavy atom. The second kappa shape index (κ2) is 10.8. The van der Waals surface area contributed by atoms with Crippen molar-refractivity contribution in [2.75, 3.05) is 16.0 Å². The molecule has 0 saturated heterocycles. The van der Waals surface area contributed by atoms with Gasteiger partial charge >= 0.3 is 6.03 Å². The zero-order chi connectivity index (χ0) is 24.6. The molecule has 11 nitrogen and oxygen atoms in total. The van der Waals surface area contributed by atoms with Crippen LogP contribution in [0, 0.1) is 0 Å². The van der Waals surface area contributed by atoms with Crippen molar-refractivity contribution in [1.82, 2.24) is 5.32 Å². The molecule has 0 radical (unpaired) electrons. The van der Waals surface area contributed by atoms with Crippen molar-refractivity contribution in [3.05, 3.63) is 60.2 Å². The smallest absolute Gasteiger partial charge is 0.319 e. The number of carbonyl (C=O) groups excluding carboxylic acids is 1. The third-order valence-corrected chi connectivity index (χ3v) is 5.14. The Hall–Kier alpha value is -3.64. The standard InChI is InChI=1S/C19H23N7O.C2H6O3S/c1-19(2)25-16(20)24-17(21)26(19)15-10-6-7-13(11-15)12-22-18(27)23-14-8-4-3-5-9-14;1-2-6(3,4)5/h3-11H,12H2,1-2H3,(H2,22,23,27)(H4,20,21,24,25);2H2,1H3,(H,3,4,5). The summed E-state index contributed by atoms with van der Waals surface area (Å²) in [5, 5.41) is 5.62. The van der Waals surface area contributed by atoms with Gasteiger partial charge in [0.1, 0.15) is 5.66 Å². The topological polar surface area (TPSA) is 175 Å². The van der Waals surface area contributed by atoms with Crippen molar-refractivity contribution >= 4 is 39.4 Å². The number of rotatable bonds is 5. The van der Waals surface area contributed by atoms with Gasteiger partial charge in [-0.2, -0.15) is 13.4 Å². The lowest BCUT2D eigenvalue weighted by Gasteiger charge is -2.38. The molecule has 0 atom stereocenters. The molecule has 0 spiro atoms. The first-order chi connectivity index (χ1) is 15.4. The predicted molar refractivity (Wildman–Crippen MR) is 131 cm³/mol. The first kappa shape index (κ1) is 25.6. The zero-order valence-electron chi connectivity index (χ0n) is 18.7. The fraction of sp³-hybridized carbons (Fsp3) is 0.286. The number of nitrogens with zero attached hydrogens (tertiary/aromatic N) is 3. The van der Waals surface area contributed by atoms with Crippen LogP contribution < -0.4 is 27.0 Å². The molecule has 178 valence electrons. The number of guanidine groups is 2. The maximum atomic E-state index is 12.1. The highest BCUT2D eigenvalue weighted by atomic mass is 32.2. The van der Waals surface area contributed by atoms with Gasteiger partial charge in [-0.05, 0) is 50.6 Å². The number of aliphatic imine (C=N–C) groups is 2. The number of para-hydroxylation sites is 1. The molecule has 3 rings (SSSR count). The van der Waals surface area contributed by atoms with Crippen molar-refractivity contribution in [2.24, 2.45) is 21.5 Å². The van der Waals surface area contributed by atoms with Gasteiger partial charge in [0.15, 0.2) is 0 Å². The first-order valence-electron chi connectivity index (χ1n) is 10.0. The number of carbonyl (C=O) groups is 1. The highest BCUT2D eigenvalue weighted by molar-refractivity contribution is 7.85. The highest BCUT2D eigenvalue weighted by Gasteiger charge is 2.32. The van der Waals surface area contributed by atoms with E-state index < -0.39 is 15.8 Å². The molecule has 2 amide bonds. The Balaban J connectivity index is 0.000000569. The summed E-state index contributed by atoms with van der Waals surface area (Å²) in [5.41, 5.74) is 13.6. The Morgan fingerprint density at radius 3 is 2.33 bits per heavy atom. The average molecular weight is 476 g/mol. The number of hydrogen-bond acceptors (Lipinski definition) is 8. The number of anilines is 2. The van der Waals surface area contributed by atoms with Crippen LogP contribution in [0.15, 0.2) is 64.6 Å². The maximum absolute atomic E-state index is 12.1. The zero-order valence-corrected chi connectivity index (χ0v) is 19.5. The third kappa shape index (κ3) is 8.09. The largest absolute Gasteiger partial charge is 0.369 e. The van der Waals surface area contributed by atoms with E-state index in [-0.39, 0.29) is 23.7 Å². The van der Waals surface area contributed by atoms with Gasteiger partial charge in [0, 0.05) is 17.9 Å². The molecule has 12 heteroatoms. The molecular formula is C21H29N7O4S. The quantitative estimate of drug-likeness (QED) is 0.411. The molecule has 2 aromatic rings. The van der Waals surface area contributed by atoms with E-state index in [1.165, 1.54) is 6.92 Å². The monoisotopic (exact) mass is 475 g/mol. The van der Waals surface area contributed by atoms with Crippen LogP contribution in [0.25, 0.3) is 0 Å². The third-order valence-electron chi connectivity index (χ3n) is 4.41. The summed E-state index contributed by atoms with van der Waals surface area (Å²) in [6.45, 7) is 5.54. The summed E-state index contributed by atoms with van der Waals surface area (Å²) in [4.78, 5) is 22.3. The van der Waals surface area contributed by atoms with Crippen LogP contribution in [0.1, 0.15) is 26.3 Å². The van der Waals surface area contributed by atoms with E-state index in [2.05, 4.69) is 20.6 Å². The predicted octanol–water partition coefficient (Wildman–Crippen LogP) is 2.09. The number of nitrogens with one attached hydrogen (secondary N) is 2. The van der Waals surface area contributed by atoms with Crippen LogP contribution >= 0.6 is 0 Å². The molecule has 1 heterocycles. The van der Waals surface area contributed by atoms with Crippen molar-refractivity contribution in [3.63, 3.8) is 0 Å². The van der Waals surface area contributed by atoms with Crippen LogP contribution in [0.3, 0.4) is 0 Å². The van der Waals surface area contributed by atoms with Crippen LogP contribution in [0.5, 0.6) is 0 Å². The van der Waals surface area contributed by atoms with Crippen LogP contribution in [0.2, 0.25) is 0 Å². The molecule has 1 aliphatic rings. The molecule has 0 fully saturated rings. The molecule has 0 bridgehead atoms. The molecular weight excluding hydrogens is 446 g/mol. The van der Waals surface area contributed by atoms with Gasteiger partial charge in [-0.1, -0.05) is 30.3 Å². The Morgan fingerprint density at radius 2 is 1.76 bits per heavy atom. The molecule has 1 aliphatic heterocycles. The number of hydrogen-bond donors (Lipinski definition) is 5. The van der Waals surface area contributed by atoms with Crippen molar-refractivity contribution in [2.45, 2.75) is 33.0 Å². The normalized spacial score (nSPS) is 14.8. The van der Waals surface area contributed by atoms with E-state index in [0.29, 0.717) is 6.54 Å². The number of benzene rings is 2. The Labute approximate surface area is 193 Å². The van der Waals surface area contributed by atoms with Gasteiger partial charge in [0.05, 0.1) is 5.75 Å². The summed E-state index contributed by atoms with van der Waals surface area (Å²) in [6, 6.07) is 16.7. The van der Waals surface area contributed by atoms with Gasteiger partial charge in [-0.25, -0.2) is 9.79 Å². The van der Waals surface area contributed by atoms with E-state index in [0.717, 1.165) is 16.9 Å². The van der Waals surface area contributed by atoms with Gasteiger partial charge in [0.2, 0.25) is 11.9 Å². The summed E-state index contributed by atoms with van der Waals surface area (Å²) < 4.78 is 26.9. The molecule has 7 N–H and O–H groups in total. The number of amides is 2. The summed E-state index contributed by atoms with van der Waals surface area (Å²) >= 11 is 0. The molecule has 33 heavy (non-hydrogen) atoms. The second-order valence-electron chi connectivity index (χ2n) is 7.48. The first-order valence-corrected chi connectivity index (χ1v) is 11.7. The average Bonchev–Trinajstić information content (AvgIpc) is 2.72. The minimum Gasteiger partial charge on any atom is -0.369 e. The molecule has 2 aromatic carbocycles. The van der Waals surface area contributed by atoms with Gasteiger partial charge < -0.3 is 22.1 Å². The van der Waals surface area contributed by atoms with Gasteiger partial charge in [-0.15, -0.1) is 0 Å². The van der Waals surface area contributed by atoms with Gasteiger partial charge in [0.25, 0.3) is 10.1 Å². The van der Waals surface area contributed by atoms with Crippen LogP contribution in [-0.4, -0.2) is 42.3 Å². The minimum atomic E-state index is -3.66. The second-order valence-corrected chi connectivity index (χ2v) is 9.23. The summed E-state index contributed by atoms with van der Waals surface area (Å²) in [5.74, 6) is 0.232. The molecule has 0 aliphatic carbocycles. The lowest BCUT2D eigenvalue weighted by Crippen LogP contribution is -2.54. The SMILES string of the molecule is CC1(C)N=C(N)N=C(N)N1c1cccc(CNC(=O)Nc2ccccc2)c1.CCS(=O)(=O)O. The van der Waals surface area contributed by atoms with Crippen LogP contribution in [0.4, 0.5) is 16.2 Å². The summed E-state index contributed by atoms with van der Waals surface area (Å²) in [7, 11) is -3.66. The molecule has 0 saturated carbocycles. The van der Waals surface area contributed by atoms with Crippen molar-refractivity contribution in [1.29, 1.82) is 0 Å². The summed E-state index contributed by atoms with van der Waals surface area (Å²) in [6.07, 6.45) is 0. The lowest BCUT2D eigenvalue weighted by molar-refractivity contribution is 0.251. The van der Waals surface area contributed by atoms with Crippen molar-refractivity contribution < 1.29 is 17.8 Å². The van der Waals surface area contributed by atoms with E-state index in [1.807, 2.05) is 68.4 Å². The van der Waals surface area contributed by atoms with Crippen LogP contribution in [-0.2, 0) is 16.7 Å². The highest BCUT2D eigenvalue weighted by Crippen LogP contribution is 2.27. The van der Waals surface area contributed by atoms with Gasteiger partial charge in [-0.3, -0.25) is 9.45 Å². The van der Waals surface area contributed by atoms with E-state index in [9.17, 15) is 13.2 Å². The fourth-order valence-electron chi connectivity index (χ4n) is 2.94. The lowest BCUT2D eigenvalue weighted by atomic mass is 10.1. The molecule has 0 aromatic heterocycles. The van der Waals surface area contributed by atoms with E-state index >= 15 is 0 Å². The maximum Gasteiger partial charge on any atom is 0.319 e. The van der Waals surface area contributed by atoms with Crippen molar-refractivity contribution in [3.8, 4) is 0 Å². The number of nitrogens with two attached hydrogens (primary N) is 2. The van der Waals surface area contributed by atoms with E-state index in [4.69, 9.17) is 16.0 Å². The number of urea groups is 1. The minimum absolute atomic E-state index is 0.157. The fourth-order valence-corrected chi connectivity index (χ4v) is 2.94. The molecule has 0 unspecified atom stereocenters. The Kier molecular flexibility index (Phi) is 8.38.